The van der Waals surface area contributed by atoms with Crippen molar-refractivity contribution in [2.45, 2.75) is 37.8 Å². The highest BCUT2D eigenvalue weighted by Crippen LogP contribution is 2.40. The summed E-state index contributed by atoms with van der Waals surface area (Å²) in [5.41, 5.74) is 5.79. The van der Waals surface area contributed by atoms with Crippen molar-refractivity contribution in [3.63, 3.8) is 0 Å². The molecule has 0 atom stereocenters. The molecule has 1 aliphatic heterocycles. The first-order valence-corrected chi connectivity index (χ1v) is 9.31. The Morgan fingerprint density at radius 3 is 2.60 bits per heavy atom. The van der Waals surface area contributed by atoms with Crippen LogP contribution in [0.5, 0.6) is 0 Å². The van der Waals surface area contributed by atoms with Crippen LogP contribution in [0.25, 0.3) is 6.08 Å². The van der Waals surface area contributed by atoms with Crippen molar-refractivity contribution >= 4 is 17.7 Å². The summed E-state index contributed by atoms with van der Waals surface area (Å²) in [5, 5.41) is 8.03. The molecule has 0 spiro atoms. The van der Waals surface area contributed by atoms with E-state index < -0.39 is 0 Å². The van der Waals surface area contributed by atoms with Crippen LogP contribution in [0.15, 0.2) is 66.5 Å². The monoisotopic (exact) mass is 350 g/mol. The lowest BCUT2D eigenvalue weighted by Crippen LogP contribution is -2.41. The summed E-state index contributed by atoms with van der Waals surface area (Å²) in [6.07, 6.45) is 6.94. The maximum absolute atomic E-state index is 6.16. The van der Waals surface area contributed by atoms with E-state index in [4.69, 9.17) is 11.6 Å². The van der Waals surface area contributed by atoms with Crippen LogP contribution in [0.3, 0.4) is 0 Å². The summed E-state index contributed by atoms with van der Waals surface area (Å²) in [6.45, 7) is 5.14. The third kappa shape index (κ3) is 3.19. The van der Waals surface area contributed by atoms with Gasteiger partial charge in [-0.15, -0.1) is 0 Å². The number of nitrogens with one attached hydrogen (secondary N) is 2. The Morgan fingerprint density at radius 2 is 1.84 bits per heavy atom. The van der Waals surface area contributed by atoms with Gasteiger partial charge < -0.3 is 10.6 Å². The van der Waals surface area contributed by atoms with E-state index in [0.29, 0.717) is 0 Å². The molecule has 0 bridgehead atoms. The molecular weight excluding hydrogens is 328 g/mol. The van der Waals surface area contributed by atoms with E-state index in [-0.39, 0.29) is 5.54 Å². The average molecular weight is 351 g/mol. The van der Waals surface area contributed by atoms with Gasteiger partial charge in [-0.05, 0) is 47.7 Å². The average Bonchev–Trinajstić information content (AvgIpc) is 3.11. The Balaban J connectivity index is 1.61. The summed E-state index contributed by atoms with van der Waals surface area (Å²) in [4.78, 5) is 0. The number of rotatable bonds is 4. The van der Waals surface area contributed by atoms with Crippen molar-refractivity contribution in [2.24, 2.45) is 0 Å². The SMILES string of the molecule is C=C(NC1(c2ccccc2)CCCC1)C1=Cc2cc(Cl)ccc2CN1. The Morgan fingerprint density at radius 1 is 1.08 bits per heavy atom. The molecule has 3 heteroatoms. The lowest BCUT2D eigenvalue weighted by Gasteiger charge is -2.34. The molecule has 128 valence electrons. The van der Waals surface area contributed by atoms with E-state index in [1.807, 2.05) is 12.1 Å². The van der Waals surface area contributed by atoms with Gasteiger partial charge in [0.1, 0.15) is 0 Å². The fourth-order valence-electron chi connectivity index (χ4n) is 4.03. The number of hydrogen-bond acceptors (Lipinski definition) is 2. The lowest BCUT2D eigenvalue weighted by molar-refractivity contribution is 0.377. The maximum Gasteiger partial charge on any atom is 0.0625 e. The van der Waals surface area contributed by atoms with Crippen molar-refractivity contribution in [1.82, 2.24) is 10.6 Å². The third-order valence-electron chi connectivity index (χ3n) is 5.38. The number of halogens is 1. The van der Waals surface area contributed by atoms with Crippen LogP contribution in [-0.2, 0) is 12.1 Å². The van der Waals surface area contributed by atoms with Crippen LogP contribution in [0.4, 0.5) is 0 Å². The molecular formula is C22H23ClN2. The van der Waals surface area contributed by atoms with Gasteiger partial charge in [-0.2, -0.15) is 0 Å². The molecule has 1 fully saturated rings. The van der Waals surface area contributed by atoms with Crippen molar-refractivity contribution < 1.29 is 0 Å². The molecule has 0 amide bonds. The predicted molar refractivity (Wildman–Crippen MR) is 105 cm³/mol. The van der Waals surface area contributed by atoms with Gasteiger partial charge in [0.2, 0.25) is 0 Å². The molecule has 1 saturated carbocycles. The van der Waals surface area contributed by atoms with E-state index in [1.54, 1.807) is 0 Å². The molecule has 0 radical (unpaired) electrons. The number of hydrogen-bond donors (Lipinski definition) is 2. The molecule has 0 unspecified atom stereocenters. The van der Waals surface area contributed by atoms with Gasteiger partial charge in [-0.3, -0.25) is 0 Å². The van der Waals surface area contributed by atoms with Crippen molar-refractivity contribution in [2.75, 3.05) is 0 Å². The molecule has 4 rings (SSSR count). The zero-order chi connectivity index (χ0) is 17.3. The van der Waals surface area contributed by atoms with Crippen molar-refractivity contribution in [1.29, 1.82) is 0 Å². The fraction of sp³-hybridized carbons (Fsp3) is 0.273. The van der Waals surface area contributed by atoms with E-state index in [2.05, 4.69) is 59.7 Å². The minimum absolute atomic E-state index is 0.00449. The Hall–Kier alpha value is -2.19. The second-order valence-corrected chi connectivity index (χ2v) is 7.45. The Labute approximate surface area is 154 Å². The van der Waals surface area contributed by atoms with Gasteiger partial charge in [-0.1, -0.05) is 67.4 Å². The standard InChI is InChI=1S/C22H23ClN2/c1-16(21-14-18-13-20(23)10-9-17(18)15-24-21)25-22(11-5-6-12-22)19-7-3-2-4-8-19/h2-4,7-10,13-14,24-25H,1,5-6,11-12,15H2. The van der Waals surface area contributed by atoms with Crippen LogP contribution >= 0.6 is 11.6 Å². The van der Waals surface area contributed by atoms with Crippen LogP contribution in [0, 0.1) is 0 Å². The molecule has 0 saturated heterocycles. The first-order valence-electron chi connectivity index (χ1n) is 8.93. The van der Waals surface area contributed by atoms with Crippen molar-refractivity contribution in [3.8, 4) is 0 Å². The number of benzene rings is 2. The first-order chi connectivity index (χ1) is 12.2. The largest absolute Gasteiger partial charge is 0.379 e. The van der Waals surface area contributed by atoms with Gasteiger partial charge in [0.25, 0.3) is 0 Å². The second kappa shape index (κ2) is 6.61. The van der Waals surface area contributed by atoms with Gasteiger partial charge in [-0.25, -0.2) is 0 Å². The molecule has 2 N–H and O–H groups in total. The molecule has 0 aromatic heterocycles. The molecule has 1 aliphatic carbocycles. The highest BCUT2D eigenvalue weighted by molar-refractivity contribution is 6.30. The van der Waals surface area contributed by atoms with Crippen LogP contribution < -0.4 is 10.6 Å². The minimum Gasteiger partial charge on any atom is -0.379 e. The second-order valence-electron chi connectivity index (χ2n) is 7.01. The van der Waals surface area contributed by atoms with Gasteiger partial charge in [0.15, 0.2) is 0 Å². The van der Waals surface area contributed by atoms with E-state index >= 15 is 0 Å². The quantitative estimate of drug-likeness (QED) is 0.775. The van der Waals surface area contributed by atoms with Crippen LogP contribution in [0.1, 0.15) is 42.4 Å². The molecule has 2 aromatic carbocycles. The first kappa shape index (κ1) is 16.3. The number of fused-ring (bicyclic) bond motifs is 1. The summed E-state index contributed by atoms with van der Waals surface area (Å²) in [6, 6.07) is 16.8. The Kier molecular flexibility index (Phi) is 4.30. The van der Waals surface area contributed by atoms with Gasteiger partial charge >= 0.3 is 0 Å². The normalized spacial score (nSPS) is 18.0. The summed E-state index contributed by atoms with van der Waals surface area (Å²) >= 11 is 6.16. The minimum atomic E-state index is -0.00449. The molecule has 2 nitrogen and oxygen atoms in total. The molecule has 2 aliphatic rings. The Bertz CT molecular complexity index is 817. The zero-order valence-electron chi connectivity index (χ0n) is 14.3. The summed E-state index contributed by atoms with van der Waals surface area (Å²) in [5.74, 6) is 0. The van der Waals surface area contributed by atoms with Gasteiger partial charge in [0, 0.05) is 11.6 Å². The van der Waals surface area contributed by atoms with E-state index in [9.17, 15) is 0 Å². The van der Waals surface area contributed by atoms with Crippen molar-refractivity contribution in [3.05, 3.63) is 88.2 Å². The predicted octanol–water partition coefficient (Wildman–Crippen LogP) is 5.36. The smallest absolute Gasteiger partial charge is 0.0625 e. The third-order valence-corrected chi connectivity index (χ3v) is 5.61. The van der Waals surface area contributed by atoms with E-state index in [0.717, 1.165) is 35.8 Å². The molecule has 2 aromatic rings. The topological polar surface area (TPSA) is 24.1 Å². The van der Waals surface area contributed by atoms with Crippen LogP contribution in [-0.4, -0.2) is 0 Å². The summed E-state index contributed by atoms with van der Waals surface area (Å²) < 4.78 is 0. The van der Waals surface area contributed by atoms with E-state index in [1.165, 1.54) is 29.5 Å². The highest BCUT2D eigenvalue weighted by atomic mass is 35.5. The zero-order valence-corrected chi connectivity index (χ0v) is 15.1. The molecule has 1 heterocycles. The highest BCUT2D eigenvalue weighted by Gasteiger charge is 2.36. The maximum atomic E-state index is 6.16. The van der Waals surface area contributed by atoms with Gasteiger partial charge in [0.05, 0.1) is 16.9 Å². The fourth-order valence-corrected chi connectivity index (χ4v) is 4.21. The van der Waals surface area contributed by atoms with Crippen LogP contribution in [0.2, 0.25) is 5.02 Å². The summed E-state index contributed by atoms with van der Waals surface area (Å²) in [7, 11) is 0. The lowest BCUT2D eigenvalue weighted by atomic mass is 9.87. The molecule has 25 heavy (non-hydrogen) atoms.